The Morgan fingerprint density at radius 2 is 1.63 bits per heavy atom. The van der Waals surface area contributed by atoms with Crippen molar-refractivity contribution in [3.8, 4) is 11.1 Å². The molecule has 2 aromatic carbocycles. The number of hydrogen-bond donors (Lipinski definition) is 2. The van der Waals surface area contributed by atoms with Gasteiger partial charge in [0.2, 0.25) is 0 Å². The van der Waals surface area contributed by atoms with Crippen LogP contribution >= 0.6 is 18.9 Å². The molecule has 0 spiro atoms. The van der Waals surface area contributed by atoms with Gasteiger partial charge >= 0.3 is 13.6 Å². The minimum absolute atomic E-state index is 0.00778. The molecule has 4 bridgehead atoms. The summed E-state index contributed by atoms with van der Waals surface area (Å²) < 4.78 is 40.1. The van der Waals surface area contributed by atoms with Crippen LogP contribution in [0.1, 0.15) is 125 Å². The maximum absolute atomic E-state index is 14.2. The number of rotatable bonds is 18. The summed E-state index contributed by atoms with van der Waals surface area (Å²) in [5.41, 5.74) is 5.56. The number of para-hydroxylation sites is 1. The highest BCUT2D eigenvalue weighted by Gasteiger charge is 2.66. The lowest BCUT2D eigenvalue weighted by Gasteiger charge is -2.69. The third kappa shape index (κ3) is 10.2. The average Bonchev–Trinajstić information content (AvgIpc) is 3.83. The summed E-state index contributed by atoms with van der Waals surface area (Å²) in [6, 6.07) is 17.7. The number of anilines is 2. The maximum atomic E-state index is 14.2. The van der Waals surface area contributed by atoms with Crippen LogP contribution in [0.25, 0.3) is 21.3 Å². The SMILES string of the molecule is CCOP(=O)(CCNCCOC12CC3(C)CC(C)(CC(Cn4ncc(-c5ccc(N6CCc7cccc(C(=O)Nc8nc9ccccc9s8)c7C6)nc5C(=O)OC(C)(C)C)c4C)(C3)C1)C2)OCC. The fourth-order valence-electron chi connectivity index (χ4n) is 13.0. The first-order chi connectivity index (χ1) is 32.3. The summed E-state index contributed by atoms with van der Waals surface area (Å²) in [6.45, 7) is 20.6. The van der Waals surface area contributed by atoms with E-state index in [1.165, 1.54) is 17.8 Å². The van der Waals surface area contributed by atoms with E-state index in [4.69, 9.17) is 28.6 Å². The fraction of sp³-hybridized carbons (Fsp3) is 0.558. The molecular formula is C52H68N7O7PS. The molecule has 1 aliphatic heterocycles. The second-order valence-electron chi connectivity index (χ2n) is 21.6. The Balaban J connectivity index is 0.935. The highest BCUT2D eigenvalue weighted by Crippen LogP contribution is 2.72. The van der Waals surface area contributed by atoms with Crippen molar-refractivity contribution < 1.29 is 32.7 Å². The predicted octanol–water partition coefficient (Wildman–Crippen LogP) is 10.6. The van der Waals surface area contributed by atoms with Gasteiger partial charge in [-0.3, -0.25) is 19.4 Å². The number of amides is 1. The number of carbonyl (C=O) groups excluding carboxylic acids is 2. The van der Waals surface area contributed by atoms with Crippen LogP contribution in [-0.4, -0.2) is 88.4 Å². The van der Waals surface area contributed by atoms with Gasteiger partial charge in [0.25, 0.3) is 5.91 Å². The van der Waals surface area contributed by atoms with Gasteiger partial charge in [-0.1, -0.05) is 49.4 Å². The minimum atomic E-state index is -3.10. The van der Waals surface area contributed by atoms with E-state index in [9.17, 15) is 14.2 Å². The summed E-state index contributed by atoms with van der Waals surface area (Å²) >= 11 is 1.45. The molecule has 4 fully saturated rings. The van der Waals surface area contributed by atoms with E-state index in [1.54, 1.807) is 0 Å². The van der Waals surface area contributed by atoms with Crippen molar-refractivity contribution in [3.63, 3.8) is 0 Å². The van der Waals surface area contributed by atoms with Crippen LogP contribution < -0.4 is 15.5 Å². The Bertz CT molecular complexity index is 2690. The molecule has 16 heteroatoms. The van der Waals surface area contributed by atoms with E-state index in [-0.39, 0.29) is 33.4 Å². The quantitative estimate of drug-likeness (QED) is 0.0487. The summed E-state index contributed by atoms with van der Waals surface area (Å²) in [5, 5.41) is 12.1. The van der Waals surface area contributed by atoms with Crippen molar-refractivity contribution in [3.05, 3.63) is 88.9 Å². The molecule has 2 unspecified atom stereocenters. The molecule has 364 valence electrons. The van der Waals surface area contributed by atoms with Gasteiger partial charge in [-0.15, -0.1) is 0 Å². The molecule has 1 amide bonds. The van der Waals surface area contributed by atoms with E-state index in [2.05, 4.69) is 52.0 Å². The first kappa shape index (κ1) is 48.5. The van der Waals surface area contributed by atoms with Gasteiger partial charge in [-0.05, 0) is 144 Å². The first-order valence-corrected chi connectivity index (χ1v) is 26.9. The van der Waals surface area contributed by atoms with Gasteiger partial charge in [0.05, 0.1) is 48.0 Å². The number of thiazole rings is 1. The molecule has 5 aromatic rings. The number of nitrogens with one attached hydrogen (secondary N) is 2. The molecule has 4 saturated carbocycles. The van der Waals surface area contributed by atoms with Gasteiger partial charge in [-0.2, -0.15) is 5.10 Å². The molecule has 0 saturated heterocycles. The predicted molar refractivity (Wildman–Crippen MR) is 268 cm³/mol. The van der Waals surface area contributed by atoms with Crippen LogP contribution in [0.15, 0.2) is 60.8 Å². The number of benzene rings is 2. The molecule has 4 heterocycles. The number of pyridine rings is 1. The Hall–Kier alpha value is -4.50. The van der Waals surface area contributed by atoms with E-state index in [1.807, 2.05) is 89.3 Å². The van der Waals surface area contributed by atoms with E-state index < -0.39 is 19.2 Å². The van der Waals surface area contributed by atoms with Crippen molar-refractivity contribution in [1.29, 1.82) is 0 Å². The molecule has 68 heavy (non-hydrogen) atoms. The lowest BCUT2D eigenvalue weighted by molar-refractivity contribution is -0.247. The lowest BCUT2D eigenvalue weighted by atomic mass is 9.39. The molecule has 2 N–H and O–H groups in total. The van der Waals surface area contributed by atoms with E-state index >= 15 is 0 Å². The number of ether oxygens (including phenoxy) is 2. The standard InChI is InChI=1S/C52H68N7O7PS/c1-9-64-67(62,65-10-2)25-22-53-21-24-63-52-31-49(7)28-50(8,32-52)30-51(29-49,33-52)34-59-35(3)39(26-54-59)37-18-19-43(56-44(37)46(61)66-48(4,5)6)58-23-20-36-14-13-15-38(40(36)27-58)45(60)57-47-55-41-16-11-12-17-42(41)68-47/h11-19,26,53H,9-10,20-25,27-34H2,1-8H3,(H,55,57,60). The van der Waals surface area contributed by atoms with Gasteiger partial charge in [0.1, 0.15) is 11.4 Å². The minimum Gasteiger partial charge on any atom is -0.455 e. The molecule has 4 aliphatic carbocycles. The maximum Gasteiger partial charge on any atom is 0.358 e. The van der Waals surface area contributed by atoms with E-state index in [0.717, 1.165) is 71.2 Å². The molecule has 10 rings (SSSR count). The first-order valence-electron chi connectivity index (χ1n) is 24.4. The van der Waals surface area contributed by atoms with Crippen molar-refractivity contribution in [1.82, 2.24) is 25.1 Å². The number of hydrogen-bond acceptors (Lipinski definition) is 13. The van der Waals surface area contributed by atoms with Crippen molar-refractivity contribution >= 4 is 52.0 Å². The van der Waals surface area contributed by atoms with Crippen LogP contribution in [0.2, 0.25) is 0 Å². The monoisotopic (exact) mass is 965 g/mol. The zero-order chi connectivity index (χ0) is 48.1. The topological polar surface area (TPSA) is 159 Å². The second kappa shape index (κ2) is 18.7. The van der Waals surface area contributed by atoms with Crippen LogP contribution in [0, 0.1) is 23.2 Å². The van der Waals surface area contributed by atoms with Crippen LogP contribution in [0.4, 0.5) is 10.9 Å². The third-order valence-corrected chi connectivity index (χ3v) is 17.3. The van der Waals surface area contributed by atoms with Gasteiger partial charge < -0.3 is 28.7 Å². The molecule has 0 radical (unpaired) electrons. The zero-order valence-electron chi connectivity index (χ0n) is 41.0. The molecular weight excluding hydrogens is 898 g/mol. The summed E-state index contributed by atoms with van der Waals surface area (Å²) in [6.07, 6.45) is 9.39. The molecule has 3 aromatic heterocycles. The number of carbonyl (C=O) groups is 2. The van der Waals surface area contributed by atoms with Crippen LogP contribution in [0.5, 0.6) is 0 Å². The van der Waals surface area contributed by atoms with Gasteiger partial charge in [0, 0.05) is 55.1 Å². The van der Waals surface area contributed by atoms with Crippen molar-refractivity contribution in [2.45, 2.75) is 125 Å². The third-order valence-electron chi connectivity index (χ3n) is 14.3. The number of aromatic nitrogens is 4. The largest absolute Gasteiger partial charge is 0.455 e. The van der Waals surface area contributed by atoms with Crippen molar-refractivity contribution in [2.24, 2.45) is 16.2 Å². The molecule has 2 atom stereocenters. The Morgan fingerprint density at radius 3 is 2.35 bits per heavy atom. The van der Waals surface area contributed by atoms with E-state index in [0.29, 0.717) is 80.7 Å². The van der Waals surface area contributed by atoms with Crippen LogP contribution in [0.3, 0.4) is 0 Å². The summed E-state index contributed by atoms with van der Waals surface area (Å²) in [7, 11) is -3.10. The zero-order valence-corrected chi connectivity index (χ0v) is 42.7. The fourth-order valence-corrected chi connectivity index (χ4v) is 15.4. The van der Waals surface area contributed by atoms with Gasteiger partial charge in [-0.25, -0.2) is 14.8 Å². The summed E-state index contributed by atoms with van der Waals surface area (Å²) in [4.78, 5) is 39.9. The smallest absolute Gasteiger partial charge is 0.358 e. The summed E-state index contributed by atoms with van der Waals surface area (Å²) in [5.74, 6) is -0.0663. The normalized spacial score (nSPS) is 24.4. The Morgan fingerprint density at radius 1 is 0.882 bits per heavy atom. The average molecular weight is 966 g/mol. The Labute approximate surface area is 404 Å². The highest BCUT2D eigenvalue weighted by molar-refractivity contribution is 7.53. The lowest BCUT2D eigenvalue weighted by Crippen LogP contribution is -2.64. The number of fused-ring (bicyclic) bond motifs is 2. The van der Waals surface area contributed by atoms with Crippen LogP contribution in [-0.2, 0) is 42.6 Å². The number of nitrogens with zero attached hydrogens (tertiary/aromatic N) is 5. The highest BCUT2D eigenvalue weighted by atomic mass is 32.1. The van der Waals surface area contributed by atoms with Gasteiger partial charge in [0.15, 0.2) is 10.8 Å². The molecule has 14 nitrogen and oxygen atoms in total. The molecule has 5 aliphatic rings. The second-order valence-corrected chi connectivity index (χ2v) is 24.8. The Kier molecular flexibility index (Phi) is 13.3. The van der Waals surface area contributed by atoms with Crippen molar-refractivity contribution in [2.75, 3.05) is 55.8 Å². The number of esters is 1.